The summed E-state index contributed by atoms with van der Waals surface area (Å²) in [6.07, 6.45) is 0. The van der Waals surface area contributed by atoms with Gasteiger partial charge in [0.05, 0.1) is 0 Å². The van der Waals surface area contributed by atoms with Crippen molar-refractivity contribution >= 4 is 11.5 Å². The van der Waals surface area contributed by atoms with Gasteiger partial charge in [0.2, 0.25) is 5.78 Å². The first kappa shape index (κ1) is 6.28. The quantitative estimate of drug-likeness (QED) is 0.581. The number of nitrogens with zero attached hydrogens (tertiary/aromatic N) is 1. The van der Waals surface area contributed by atoms with Gasteiger partial charge in [-0.1, -0.05) is 30.3 Å². The van der Waals surface area contributed by atoms with Crippen molar-refractivity contribution in [2.24, 2.45) is 4.99 Å². The Balaban J connectivity index is 2.38. The summed E-state index contributed by atoms with van der Waals surface area (Å²) >= 11 is 0. The summed E-state index contributed by atoms with van der Waals surface area (Å²) in [5.74, 6) is 0.149. The minimum atomic E-state index is 0.149. The summed E-state index contributed by atoms with van der Waals surface area (Å²) in [6, 6.07) is 9.53. The van der Waals surface area contributed by atoms with Gasteiger partial charge in [-0.2, -0.15) is 0 Å². The molecule has 2 rings (SSSR count). The molecule has 0 aliphatic carbocycles. The van der Waals surface area contributed by atoms with Crippen LogP contribution in [0.1, 0.15) is 5.56 Å². The molecule has 1 aliphatic rings. The summed E-state index contributed by atoms with van der Waals surface area (Å²) in [4.78, 5) is 14.9. The fraction of sp³-hybridized carbons (Fsp3) is 0.111. The molecule has 0 saturated heterocycles. The van der Waals surface area contributed by atoms with Crippen LogP contribution in [0.15, 0.2) is 35.3 Å². The highest BCUT2D eigenvalue weighted by Gasteiger charge is 2.20. The van der Waals surface area contributed by atoms with Crippen molar-refractivity contribution in [3.8, 4) is 0 Å². The van der Waals surface area contributed by atoms with Gasteiger partial charge in [-0.3, -0.25) is 9.79 Å². The minimum absolute atomic E-state index is 0.149. The van der Waals surface area contributed by atoms with Crippen LogP contribution in [0.4, 0.5) is 0 Å². The van der Waals surface area contributed by atoms with Gasteiger partial charge in [0.25, 0.3) is 0 Å². The highest BCUT2D eigenvalue weighted by atomic mass is 16.1. The topological polar surface area (TPSA) is 29.4 Å². The molecule has 0 radical (unpaired) electrons. The third-order valence-corrected chi connectivity index (χ3v) is 1.69. The molecule has 0 spiro atoms. The lowest BCUT2D eigenvalue weighted by atomic mass is 10.0. The van der Waals surface area contributed by atoms with E-state index in [2.05, 4.69) is 4.99 Å². The SMILES string of the molecule is O=C1CN=C1c1ccccc1. The average molecular weight is 145 g/mol. The molecule has 11 heavy (non-hydrogen) atoms. The Morgan fingerprint density at radius 1 is 1.18 bits per heavy atom. The van der Waals surface area contributed by atoms with Crippen molar-refractivity contribution in [3.05, 3.63) is 35.9 Å². The third kappa shape index (κ3) is 0.963. The maximum atomic E-state index is 10.9. The van der Waals surface area contributed by atoms with Crippen molar-refractivity contribution in [2.45, 2.75) is 0 Å². The lowest BCUT2D eigenvalue weighted by molar-refractivity contribution is -0.112. The van der Waals surface area contributed by atoms with Crippen molar-refractivity contribution in [2.75, 3.05) is 6.54 Å². The van der Waals surface area contributed by atoms with Crippen LogP contribution in [-0.2, 0) is 4.79 Å². The zero-order chi connectivity index (χ0) is 7.68. The van der Waals surface area contributed by atoms with E-state index in [1.807, 2.05) is 30.3 Å². The average Bonchev–Trinajstić information content (AvgIpc) is 2.04. The third-order valence-electron chi connectivity index (χ3n) is 1.69. The van der Waals surface area contributed by atoms with Crippen LogP contribution in [0.5, 0.6) is 0 Å². The van der Waals surface area contributed by atoms with Crippen molar-refractivity contribution < 1.29 is 4.79 Å². The molecule has 1 aliphatic heterocycles. The van der Waals surface area contributed by atoms with Crippen LogP contribution in [0.3, 0.4) is 0 Å². The van der Waals surface area contributed by atoms with Crippen LogP contribution in [0.25, 0.3) is 0 Å². The fourth-order valence-electron chi connectivity index (χ4n) is 1.07. The normalized spacial score (nSPS) is 15.6. The summed E-state index contributed by atoms with van der Waals surface area (Å²) in [7, 11) is 0. The van der Waals surface area contributed by atoms with E-state index in [-0.39, 0.29) is 5.78 Å². The van der Waals surface area contributed by atoms with Gasteiger partial charge in [-0.25, -0.2) is 0 Å². The monoisotopic (exact) mass is 145 g/mol. The Hall–Kier alpha value is -1.44. The first-order valence-electron chi connectivity index (χ1n) is 3.51. The second kappa shape index (κ2) is 2.31. The summed E-state index contributed by atoms with van der Waals surface area (Å²) in [5, 5.41) is 0. The molecule has 0 aromatic heterocycles. The first-order valence-corrected chi connectivity index (χ1v) is 3.51. The molecule has 2 nitrogen and oxygen atoms in total. The Bertz CT molecular complexity index is 314. The smallest absolute Gasteiger partial charge is 0.202 e. The van der Waals surface area contributed by atoms with E-state index in [9.17, 15) is 4.79 Å². The van der Waals surface area contributed by atoms with E-state index in [0.29, 0.717) is 12.3 Å². The molecule has 1 aromatic carbocycles. The summed E-state index contributed by atoms with van der Waals surface area (Å²) in [5.41, 5.74) is 1.56. The number of hydrogen-bond acceptors (Lipinski definition) is 2. The predicted molar refractivity (Wildman–Crippen MR) is 42.9 cm³/mol. The molecule has 1 heterocycles. The predicted octanol–water partition coefficient (Wildman–Crippen LogP) is 1.06. The van der Waals surface area contributed by atoms with Crippen LogP contribution < -0.4 is 0 Å². The highest BCUT2D eigenvalue weighted by molar-refractivity contribution is 6.51. The molecule has 0 N–H and O–H groups in total. The second-order valence-electron chi connectivity index (χ2n) is 2.45. The van der Waals surface area contributed by atoms with E-state index >= 15 is 0 Å². The highest BCUT2D eigenvalue weighted by Crippen LogP contribution is 2.08. The molecular formula is C9H7NO. The van der Waals surface area contributed by atoms with Gasteiger partial charge in [-0.05, 0) is 0 Å². The molecule has 0 amide bonds. The Morgan fingerprint density at radius 2 is 1.91 bits per heavy atom. The van der Waals surface area contributed by atoms with Gasteiger partial charge in [0.15, 0.2) is 0 Å². The minimum Gasteiger partial charge on any atom is -0.290 e. The van der Waals surface area contributed by atoms with Gasteiger partial charge < -0.3 is 0 Å². The number of hydrogen-bond donors (Lipinski definition) is 0. The number of Topliss-reactive ketones (excluding diaryl/α,β-unsaturated/α-hetero) is 1. The van der Waals surface area contributed by atoms with Crippen molar-refractivity contribution in [1.29, 1.82) is 0 Å². The van der Waals surface area contributed by atoms with Gasteiger partial charge in [-0.15, -0.1) is 0 Å². The van der Waals surface area contributed by atoms with Crippen LogP contribution in [-0.4, -0.2) is 18.0 Å². The van der Waals surface area contributed by atoms with E-state index in [4.69, 9.17) is 0 Å². The van der Waals surface area contributed by atoms with Crippen LogP contribution in [0, 0.1) is 0 Å². The van der Waals surface area contributed by atoms with Crippen LogP contribution >= 0.6 is 0 Å². The molecule has 0 atom stereocenters. The Labute approximate surface area is 64.6 Å². The van der Waals surface area contributed by atoms with Gasteiger partial charge in [0.1, 0.15) is 12.3 Å². The molecule has 54 valence electrons. The molecule has 0 bridgehead atoms. The second-order valence-corrected chi connectivity index (χ2v) is 2.45. The number of ketones is 1. The molecule has 0 fully saturated rings. The van der Waals surface area contributed by atoms with Gasteiger partial charge in [0, 0.05) is 5.56 Å². The van der Waals surface area contributed by atoms with E-state index in [0.717, 1.165) is 5.56 Å². The number of aliphatic imine (C=N–C) groups is 1. The summed E-state index contributed by atoms with van der Waals surface area (Å²) in [6.45, 7) is 0.365. The lowest BCUT2D eigenvalue weighted by Crippen LogP contribution is -2.28. The molecular weight excluding hydrogens is 138 g/mol. The first-order chi connectivity index (χ1) is 5.38. The Kier molecular flexibility index (Phi) is 1.32. The molecule has 0 saturated carbocycles. The maximum Gasteiger partial charge on any atom is 0.202 e. The number of benzene rings is 1. The standard InChI is InChI=1S/C9H7NO/c11-8-6-10-9(8)7-4-2-1-3-5-7/h1-5H,6H2. The molecule has 2 heteroatoms. The zero-order valence-corrected chi connectivity index (χ0v) is 5.95. The lowest BCUT2D eigenvalue weighted by Gasteiger charge is -2.10. The van der Waals surface area contributed by atoms with E-state index in [1.54, 1.807) is 0 Å². The van der Waals surface area contributed by atoms with Crippen LogP contribution in [0.2, 0.25) is 0 Å². The zero-order valence-electron chi connectivity index (χ0n) is 5.95. The van der Waals surface area contributed by atoms with E-state index < -0.39 is 0 Å². The van der Waals surface area contributed by atoms with Gasteiger partial charge >= 0.3 is 0 Å². The maximum absolute atomic E-state index is 10.9. The van der Waals surface area contributed by atoms with E-state index in [1.165, 1.54) is 0 Å². The summed E-state index contributed by atoms with van der Waals surface area (Å²) < 4.78 is 0. The largest absolute Gasteiger partial charge is 0.290 e. The Morgan fingerprint density at radius 3 is 2.36 bits per heavy atom. The molecule has 0 unspecified atom stereocenters. The molecule has 1 aromatic rings. The number of carbonyl (C=O) groups is 1. The van der Waals surface area contributed by atoms with Crippen molar-refractivity contribution in [3.63, 3.8) is 0 Å². The number of carbonyl (C=O) groups excluding carboxylic acids is 1. The number of rotatable bonds is 1. The van der Waals surface area contributed by atoms with Crippen molar-refractivity contribution in [1.82, 2.24) is 0 Å². The fourth-order valence-corrected chi connectivity index (χ4v) is 1.07.